The maximum atomic E-state index is 12.1. The molecule has 0 amide bonds. The molecule has 0 aliphatic rings. The summed E-state index contributed by atoms with van der Waals surface area (Å²) in [6.45, 7) is 11.8. The molecule has 0 bridgehead atoms. The van der Waals surface area contributed by atoms with Crippen LogP contribution in [0.25, 0.3) is 0 Å². The molecule has 0 heterocycles. The van der Waals surface area contributed by atoms with Gasteiger partial charge in [-0.2, -0.15) is 0 Å². The zero-order valence-electron chi connectivity index (χ0n) is 23.4. The van der Waals surface area contributed by atoms with E-state index in [2.05, 4.69) is 45.0 Å². The molecule has 0 saturated heterocycles. The second-order valence-corrected chi connectivity index (χ2v) is 11.5. The molecule has 0 aliphatic carbocycles. The van der Waals surface area contributed by atoms with Gasteiger partial charge in [0.2, 0.25) is 0 Å². The quantitative estimate of drug-likeness (QED) is 0.151. The van der Waals surface area contributed by atoms with Crippen LogP contribution >= 0.6 is 0 Å². The Morgan fingerprint density at radius 2 is 0.872 bits per heavy atom. The van der Waals surface area contributed by atoms with E-state index in [4.69, 9.17) is 9.47 Å². The molecule has 5 heteroatoms. The van der Waals surface area contributed by atoms with Gasteiger partial charge in [-0.25, -0.2) is 4.79 Å². The first kappa shape index (κ1) is 27.8. The van der Waals surface area contributed by atoms with Gasteiger partial charge in [-0.3, -0.25) is 0 Å². The van der Waals surface area contributed by atoms with Crippen molar-refractivity contribution in [2.45, 2.75) is 58.0 Å². The summed E-state index contributed by atoms with van der Waals surface area (Å²) in [6, 6.07) is 30.5. The van der Waals surface area contributed by atoms with Crippen LogP contribution in [0, 0.1) is 0 Å². The highest BCUT2D eigenvalue weighted by Gasteiger charge is 2.32. The van der Waals surface area contributed by atoms with Gasteiger partial charge >= 0.3 is 6.16 Å². The van der Waals surface area contributed by atoms with E-state index in [1.165, 1.54) is 0 Å². The summed E-state index contributed by atoms with van der Waals surface area (Å²) >= 11 is 0. The third-order valence-electron chi connectivity index (χ3n) is 7.24. The Labute approximate surface area is 230 Å². The molecule has 1 atom stereocenters. The molecular weight excluding hydrogens is 488 g/mol. The van der Waals surface area contributed by atoms with Crippen molar-refractivity contribution in [3.63, 3.8) is 0 Å². The van der Waals surface area contributed by atoms with Crippen LogP contribution in [0.15, 0.2) is 97.1 Å². The molecule has 4 aromatic carbocycles. The number of benzene rings is 4. The lowest BCUT2D eigenvalue weighted by Crippen LogP contribution is -2.27. The number of rotatable bonds is 6. The molecule has 4 aromatic rings. The lowest BCUT2D eigenvalue weighted by atomic mass is 9.70. The normalized spacial score (nSPS) is 13.4. The maximum Gasteiger partial charge on any atom is 0.514 e. The Bertz CT molecular complexity index is 1410. The van der Waals surface area contributed by atoms with Crippen molar-refractivity contribution in [3.8, 4) is 17.2 Å². The summed E-state index contributed by atoms with van der Waals surface area (Å²) in [4.78, 5) is 12.1. The molecule has 0 spiro atoms. The second-order valence-electron chi connectivity index (χ2n) is 11.5. The van der Waals surface area contributed by atoms with Crippen LogP contribution < -0.4 is 4.74 Å². The molecular formula is C34H36O5. The SMILES string of the molecule is CC(C)(C)OC(=O)Oc1ccc(C(C)(c2ccc(O)cc2)c2ccc(C(C)(C)c3ccc(O)cc3)cc2)cc1. The average Bonchev–Trinajstić information content (AvgIpc) is 2.88. The minimum Gasteiger partial charge on any atom is -0.508 e. The molecule has 0 aromatic heterocycles. The van der Waals surface area contributed by atoms with Gasteiger partial charge in [-0.15, -0.1) is 0 Å². The number of carbonyl (C=O) groups is 1. The van der Waals surface area contributed by atoms with Crippen LogP contribution in [0.1, 0.15) is 69.4 Å². The number of hydrogen-bond donors (Lipinski definition) is 2. The van der Waals surface area contributed by atoms with Gasteiger partial charge in [0.05, 0.1) is 0 Å². The van der Waals surface area contributed by atoms with E-state index in [1.54, 1.807) is 57.2 Å². The topological polar surface area (TPSA) is 76.0 Å². The average molecular weight is 525 g/mol. The maximum absolute atomic E-state index is 12.1. The molecule has 39 heavy (non-hydrogen) atoms. The van der Waals surface area contributed by atoms with Crippen molar-refractivity contribution in [2.24, 2.45) is 0 Å². The minimum atomic E-state index is -0.747. The number of hydrogen-bond acceptors (Lipinski definition) is 5. The zero-order chi connectivity index (χ0) is 28.4. The van der Waals surface area contributed by atoms with Crippen molar-refractivity contribution >= 4 is 6.16 Å². The number of carbonyl (C=O) groups excluding carboxylic acids is 1. The third kappa shape index (κ3) is 6.09. The van der Waals surface area contributed by atoms with Gasteiger partial charge in [0.25, 0.3) is 0 Å². The van der Waals surface area contributed by atoms with Crippen molar-refractivity contribution in [3.05, 3.63) is 125 Å². The Kier molecular flexibility index (Phi) is 7.47. The predicted molar refractivity (Wildman–Crippen MR) is 154 cm³/mol. The van der Waals surface area contributed by atoms with Gasteiger partial charge in [-0.05, 0) is 91.9 Å². The fraction of sp³-hybridized carbons (Fsp3) is 0.265. The van der Waals surface area contributed by atoms with Crippen LogP contribution in [-0.2, 0) is 15.6 Å². The van der Waals surface area contributed by atoms with Gasteiger partial charge in [-0.1, -0.05) is 74.5 Å². The summed E-state index contributed by atoms with van der Waals surface area (Å²) in [7, 11) is 0. The van der Waals surface area contributed by atoms with Crippen molar-refractivity contribution in [1.82, 2.24) is 0 Å². The number of phenols is 2. The molecule has 0 radical (unpaired) electrons. The predicted octanol–water partition coefficient (Wildman–Crippen LogP) is 8.09. The lowest BCUT2D eigenvalue weighted by Gasteiger charge is -2.33. The summed E-state index contributed by atoms with van der Waals surface area (Å²) in [6.07, 6.45) is -0.747. The monoisotopic (exact) mass is 524 g/mol. The standard InChI is InChI=1S/C34H36O5/c1-32(2,3)39-31(37)38-30-21-15-27(16-22-30)34(6,26-13-19-29(36)20-14-26)25-9-7-23(8-10-25)33(4,5)24-11-17-28(35)18-12-24/h7-22,35-36H,1-6H3. The van der Waals surface area contributed by atoms with E-state index in [-0.39, 0.29) is 16.9 Å². The summed E-state index contributed by atoms with van der Waals surface area (Å²) < 4.78 is 10.6. The first-order valence-corrected chi connectivity index (χ1v) is 13.0. The van der Waals surface area contributed by atoms with E-state index in [1.807, 2.05) is 36.4 Å². The molecule has 202 valence electrons. The number of phenolic OH excluding ortho intramolecular Hbond substituents is 2. The van der Waals surface area contributed by atoms with Crippen molar-refractivity contribution < 1.29 is 24.5 Å². The van der Waals surface area contributed by atoms with Gasteiger partial charge in [0, 0.05) is 10.8 Å². The van der Waals surface area contributed by atoms with E-state index in [9.17, 15) is 15.0 Å². The zero-order valence-corrected chi connectivity index (χ0v) is 23.4. The van der Waals surface area contributed by atoms with Crippen molar-refractivity contribution in [1.29, 1.82) is 0 Å². The smallest absolute Gasteiger partial charge is 0.508 e. The van der Waals surface area contributed by atoms with Gasteiger partial charge in [0.1, 0.15) is 22.8 Å². The van der Waals surface area contributed by atoms with E-state index in [0.717, 1.165) is 27.8 Å². The Hall–Kier alpha value is -4.25. The van der Waals surface area contributed by atoms with Crippen LogP contribution in [0.3, 0.4) is 0 Å². The Morgan fingerprint density at radius 3 is 1.28 bits per heavy atom. The van der Waals surface area contributed by atoms with E-state index < -0.39 is 17.2 Å². The molecule has 5 nitrogen and oxygen atoms in total. The third-order valence-corrected chi connectivity index (χ3v) is 7.24. The summed E-state index contributed by atoms with van der Waals surface area (Å²) in [5.74, 6) is 0.845. The molecule has 2 N–H and O–H groups in total. The van der Waals surface area contributed by atoms with E-state index in [0.29, 0.717) is 5.75 Å². The molecule has 0 aliphatic heterocycles. The largest absolute Gasteiger partial charge is 0.514 e. The Balaban J connectivity index is 1.70. The summed E-state index contributed by atoms with van der Waals surface area (Å²) in [5, 5.41) is 19.7. The van der Waals surface area contributed by atoms with Crippen LogP contribution in [0.4, 0.5) is 4.79 Å². The van der Waals surface area contributed by atoms with E-state index >= 15 is 0 Å². The Morgan fingerprint density at radius 1 is 0.538 bits per heavy atom. The van der Waals surface area contributed by atoms with Crippen LogP contribution in [-0.4, -0.2) is 22.0 Å². The molecule has 0 saturated carbocycles. The fourth-order valence-corrected chi connectivity index (χ4v) is 4.78. The fourth-order valence-electron chi connectivity index (χ4n) is 4.78. The number of ether oxygens (including phenoxy) is 2. The number of aromatic hydroxyl groups is 2. The van der Waals surface area contributed by atoms with Gasteiger partial charge < -0.3 is 19.7 Å². The lowest BCUT2D eigenvalue weighted by molar-refractivity contribution is 0.0206. The van der Waals surface area contributed by atoms with Crippen LogP contribution in [0.2, 0.25) is 0 Å². The molecule has 1 unspecified atom stereocenters. The minimum absolute atomic E-state index is 0.202. The molecule has 4 rings (SSSR count). The highest BCUT2D eigenvalue weighted by Crippen LogP contribution is 2.41. The van der Waals surface area contributed by atoms with Crippen LogP contribution in [0.5, 0.6) is 17.2 Å². The molecule has 0 fully saturated rings. The van der Waals surface area contributed by atoms with Crippen molar-refractivity contribution in [2.75, 3.05) is 0 Å². The van der Waals surface area contributed by atoms with Gasteiger partial charge in [0.15, 0.2) is 0 Å². The second kappa shape index (κ2) is 10.5. The first-order valence-electron chi connectivity index (χ1n) is 13.0. The summed E-state index contributed by atoms with van der Waals surface area (Å²) in [5.41, 5.74) is 3.86. The highest BCUT2D eigenvalue weighted by atomic mass is 16.7. The first-order chi connectivity index (χ1) is 18.3. The highest BCUT2D eigenvalue weighted by molar-refractivity contribution is 5.64.